The predicted octanol–water partition coefficient (Wildman–Crippen LogP) is 3.60. The Morgan fingerprint density at radius 3 is 2.39 bits per heavy atom. The van der Waals surface area contributed by atoms with Gasteiger partial charge in [0.15, 0.2) is 5.82 Å². The van der Waals surface area contributed by atoms with Gasteiger partial charge in [0.1, 0.15) is 11.6 Å². The first-order valence-corrected chi connectivity index (χ1v) is 12.3. The average molecular weight is 495 g/mol. The normalized spacial score (nSPS) is 26.1. The Morgan fingerprint density at radius 2 is 1.78 bits per heavy atom. The van der Waals surface area contributed by atoms with Crippen molar-refractivity contribution in [2.45, 2.75) is 63.1 Å². The number of aromatic nitrogens is 3. The molecule has 5 rings (SSSR count). The van der Waals surface area contributed by atoms with E-state index in [9.17, 15) is 9.90 Å². The summed E-state index contributed by atoms with van der Waals surface area (Å²) in [7, 11) is 3.62. The minimum absolute atomic E-state index is 0.140. The van der Waals surface area contributed by atoms with Crippen LogP contribution in [0.4, 0.5) is 10.2 Å². The molecule has 0 amide bonds. The van der Waals surface area contributed by atoms with Crippen LogP contribution in [0.15, 0.2) is 47.4 Å². The maximum absolute atomic E-state index is 15.0. The molecule has 0 spiro atoms. The lowest BCUT2D eigenvalue weighted by molar-refractivity contribution is -0.273. The Balaban J connectivity index is 1.39. The fourth-order valence-corrected chi connectivity index (χ4v) is 6.02. The fraction of sp³-hybridized carbons (Fsp3) is 0.444. The topological polar surface area (TPSA) is 97.4 Å². The summed E-state index contributed by atoms with van der Waals surface area (Å²) in [5, 5.41) is 29.9. The molecule has 3 aromatic rings. The molecule has 2 aliphatic rings. The summed E-state index contributed by atoms with van der Waals surface area (Å²) in [5.74, 6) is -0.00244. The largest absolute Gasteiger partial charge is 0.507 e. The Kier molecular flexibility index (Phi) is 5.88. The number of hydrogen-bond acceptors (Lipinski definition) is 6. The number of aryl methyl sites for hydroxylation is 1. The summed E-state index contributed by atoms with van der Waals surface area (Å²) in [6.07, 6.45) is 6.49. The molecule has 8 nitrogen and oxygen atoms in total. The number of hydrogen-bond donors (Lipinski definition) is 1. The van der Waals surface area contributed by atoms with Gasteiger partial charge in [-0.25, -0.2) is 4.39 Å². The number of benzene rings is 1. The summed E-state index contributed by atoms with van der Waals surface area (Å²) < 4.78 is 16.4. The van der Waals surface area contributed by atoms with Crippen LogP contribution in [0.5, 0.6) is 5.75 Å². The van der Waals surface area contributed by atoms with Gasteiger partial charge in [-0.2, -0.15) is 0 Å². The van der Waals surface area contributed by atoms with E-state index in [0.717, 1.165) is 32.1 Å². The van der Waals surface area contributed by atoms with Gasteiger partial charge in [0.2, 0.25) is 0 Å². The molecule has 0 aliphatic carbocycles. The molecule has 2 saturated heterocycles. The first-order valence-electron chi connectivity index (χ1n) is 12.3. The number of phenols is 1. The third kappa shape index (κ3) is 4.06. The number of phenolic OH excluding ortho intramolecular Hbond substituents is 1. The molecular formula is C27H33FN5O3+. The maximum Gasteiger partial charge on any atom is 0.250 e. The van der Waals surface area contributed by atoms with Crippen LogP contribution in [0.25, 0.3) is 22.4 Å². The quantitative estimate of drug-likeness (QED) is 0.557. The van der Waals surface area contributed by atoms with E-state index in [0.29, 0.717) is 17.1 Å². The van der Waals surface area contributed by atoms with Gasteiger partial charge in [-0.05, 0) is 81.8 Å². The summed E-state index contributed by atoms with van der Waals surface area (Å²) in [5.41, 5.74) is 0.547. The summed E-state index contributed by atoms with van der Waals surface area (Å²) in [6.45, 7) is 4.36. The highest BCUT2D eigenvalue weighted by Gasteiger charge is 2.56. The number of hydroxylamine groups is 2. The molecule has 1 aromatic carbocycles. The van der Waals surface area contributed by atoms with Crippen molar-refractivity contribution in [1.29, 1.82) is 0 Å². The SMILES string of the molecule is CN(c1ccc(-c2cc(F)c(-c3ccn(C)c(=O)c3)cc2O)nn1)C1C[C@]2(C)CCC[C@](C)(C1)N2[OH2+]. The zero-order chi connectivity index (χ0) is 25.8. The van der Waals surface area contributed by atoms with Gasteiger partial charge in [-0.3, -0.25) is 4.79 Å². The molecule has 2 aliphatic heterocycles. The van der Waals surface area contributed by atoms with Crippen molar-refractivity contribution in [2.75, 3.05) is 11.9 Å². The van der Waals surface area contributed by atoms with Crippen molar-refractivity contribution in [3.05, 3.63) is 58.8 Å². The highest BCUT2D eigenvalue weighted by Crippen LogP contribution is 2.48. The van der Waals surface area contributed by atoms with E-state index in [2.05, 4.69) is 28.9 Å². The Morgan fingerprint density at radius 1 is 1.08 bits per heavy atom. The highest BCUT2D eigenvalue weighted by atomic mass is 19.1. The first-order chi connectivity index (χ1) is 17.0. The monoisotopic (exact) mass is 494 g/mol. The summed E-state index contributed by atoms with van der Waals surface area (Å²) in [4.78, 5) is 14.1. The maximum atomic E-state index is 15.0. The molecule has 1 unspecified atom stereocenters. The van der Waals surface area contributed by atoms with Crippen LogP contribution >= 0.6 is 0 Å². The number of pyridine rings is 1. The lowest BCUT2D eigenvalue weighted by atomic mass is 9.68. The number of halogens is 1. The minimum Gasteiger partial charge on any atom is -0.507 e. The molecule has 0 radical (unpaired) electrons. The number of piperidine rings is 2. The summed E-state index contributed by atoms with van der Waals surface area (Å²) in [6, 6.07) is 9.30. The van der Waals surface area contributed by atoms with Crippen LogP contribution in [0, 0.1) is 5.82 Å². The van der Waals surface area contributed by atoms with E-state index in [-0.39, 0.29) is 39.6 Å². The number of aromatic hydroxyl groups is 1. The standard InChI is InChI=1S/C27H32FN5O3/c1-26-9-5-10-27(2,33(26)36)16-18(15-26)32(4)24-7-6-22(29-30-24)20-13-21(28)19(14-23(20)34)17-8-11-31(3)25(35)12-17/h6-8,11-14,18,34,36H,5,9-10,15-16H2,1-4H3/p+1/t18?,26-,27+. The molecule has 4 heterocycles. The van der Waals surface area contributed by atoms with Crippen molar-refractivity contribution in [3.8, 4) is 28.1 Å². The van der Waals surface area contributed by atoms with Crippen LogP contribution in [0.2, 0.25) is 0 Å². The minimum atomic E-state index is -0.561. The molecule has 0 saturated carbocycles. The van der Waals surface area contributed by atoms with Gasteiger partial charge >= 0.3 is 0 Å². The first kappa shape index (κ1) is 24.4. The molecule has 2 bridgehead atoms. The van der Waals surface area contributed by atoms with Crippen molar-refractivity contribution in [2.24, 2.45) is 7.05 Å². The van der Waals surface area contributed by atoms with Crippen LogP contribution in [0.3, 0.4) is 0 Å². The fourth-order valence-electron chi connectivity index (χ4n) is 6.02. The summed E-state index contributed by atoms with van der Waals surface area (Å²) >= 11 is 0. The number of rotatable bonds is 4. The molecule has 2 aromatic heterocycles. The molecule has 3 atom stereocenters. The van der Waals surface area contributed by atoms with E-state index in [1.165, 1.54) is 22.8 Å². The van der Waals surface area contributed by atoms with Crippen molar-refractivity contribution in [1.82, 2.24) is 19.8 Å². The molecule has 36 heavy (non-hydrogen) atoms. The molecule has 2 fully saturated rings. The second-order valence-electron chi connectivity index (χ2n) is 10.8. The average Bonchev–Trinajstić information content (AvgIpc) is 2.84. The molecule has 9 heteroatoms. The molecule has 190 valence electrons. The lowest BCUT2D eigenvalue weighted by Gasteiger charge is -2.55. The highest BCUT2D eigenvalue weighted by molar-refractivity contribution is 5.74. The van der Waals surface area contributed by atoms with Crippen LogP contribution in [0.1, 0.15) is 46.0 Å². The van der Waals surface area contributed by atoms with Gasteiger partial charge in [0.05, 0.1) is 16.8 Å². The van der Waals surface area contributed by atoms with E-state index < -0.39 is 5.82 Å². The molecular weight excluding hydrogens is 461 g/mol. The number of nitrogens with zero attached hydrogens (tertiary/aromatic N) is 5. The van der Waals surface area contributed by atoms with Gasteiger partial charge < -0.3 is 19.8 Å². The molecule has 3 N–H and O–H groups in total. The Hall–Kier alpha value is -3.30. The zero-order valence-electron chi connectivity index (χ0n) is 21.1. The predicted molar refractivity (Wildman–Crippen MR) is 137 cm³/mol. The van der Waals surface area contributed by atoms with E-state index in [1.54, 1.807) is 25.4 Å². The van der Waals surface area contributed by atoms with Gasteiger partial charge in [-0.1, -0.05) is 5.06 Å². The Bertz CT molecular complexity index is 1340. The van der Waals surface area contributed by atoms with Gasteiger partial charge in [-0.15, -0.1) is 10.2 Å². The number of anilines is 1. The van der Waals surface area contributed by atoms with Gasteiger partial charge in [0.25, 0.3) is 5.56 Å². The third-order valence-electron chi connectivity index (χ3n) is 8.20. The van der Waals surface area contributed by atoms with Crippen molar-refractivity contribution in [3.63, 3.8) is 0 Å². The lowest BCUT2D eigenvalue weighted by Crippen LogP contribution is -2.67. The third-order valence-corrected chi connectivity index (χ3v) is 8.20. The van der Waals surface area contributed by atoms with E-state index >= 15 is 4.39 Å². The zero-order valence-corrected chi connectivity index (χ0v) is 21.1. The van der Waals surface area contributed by atoms with Crippen LogP contribution in [-0.2, 0) is 7.05 Å². The second kappa shape index (κ2) is 8.67. The van der Waals surface area contributed by atoms with Gasteiger partial charge in [0, 0.05) is 43.5 Å². The van der Waals surface area contributed by atoms with Crippen LogP contribution < -0.4 is 10.5 Å². The van der Waals surface area contributed by atoms with Crippen molar-refractivity contribution >= 4 is 5.82 Å². The van der Waals surface area contributed by atoms with Crippen molar-refractivity contribution < 1.29 is 14.7 Å². The smallest absolute Gasteiger partial charge is 0.250 e. The van der Waals surface area contributed by atoms with E-state index in [4.69, 9.17) is 5.21 Å². The van der Waals surface area contributed by atoms with E-state index in [1.807, 2.05) is 18.2 Å². The Labute approximate surface area is 209 Å². The van der Waals surface area contributed by atoms with Crippen LogP contribution in [-0.4, -0.2) is 54.3 Å². The second-order valence-corrected chi connectivity index (χ2v) is 10.8. The number of fused-ring (bicyclic) bond motifs is 2.